The first-order valence-corrected chi connectivity index (χ1v) is 28.3. The Morgan fingerprint density at radius 1 is 0.303 bits per heavy atom. The molecule has 382 valence electrons. The van der Waals surface area contributed by atoms with Gasteiger partial charge in [0, 0.05) is 19.3 Å². The van der Waals surface area contributed by atoms with Crippen molar-refractivity contribution in [2.24, 2.45) is 0 Å². The number of unbranched alkanes of at least 4 members (excludes halogenated alkanes) is 30. The van der Waals surface area contributed by atoms with Gasteiger partial charge in [-0.15, -0.1) is 0 Å². The molecule has 1 atom stereocenters. The topological polar surface area (TPSA) is 78.9 Å². The Bertz CT molecular complexity index is 1200. The molecule has 0 saturated heterocycles. The third-order valence-corrected chi connectivity index (χ3v) is 12.2. The molecule has 0 fully saturated rings. The summed E-state index contributed by atoms with van der Waals surface area (Å²) in [4.78, 5) is 38.0. The zero-order valence-corrected chi connectivity index (χ0v) is 43.7. The predicted molar refractivity (Wildman–Crippen MR) is 284 cm³/mol. The molecule has 6 nitrogen and oxygen atoms in total. The average molecular weight is 924 g/mol. The largest absolute Gasteiger partial charge is 0.462 e. The maximum atomic E-state index is 12.8. The van der Waals surface area contributed by atoms with E-state index < -0.39 is 6.10 Å². The molecule has 1 unspecified atom stereocenters. The molecule has 0 aliphatic heterocycles. The van der Waals surface area contributed by atoms with Crippen LogP contribution in [-0.4, -0.2) is 37.2 Å². The Morgan fingerprint density at radius 2 is 0.545 bits per heavy atom. The Hall–Kier alpha value is -2.89. The second-order valence-corrected chi connectivity index (χ2v) is 18.8. The number of hydrogen-bond donors (Lipinski definition) is 0. The number of esters is 3. The van der Waals surface area contributed by atoms with E-state index in [-0.39, 0.29) is 31.1 Å². The second kappa shape index (κ2) is 54.7. The zero-order chi connectivity index (χ0) is 47.9. The number of carbonyl (C=O) groups excluding carboxylic acids is 3. The van der Waals surface area contributed by atoms with Gasteiger partial charge in [0.15, 0.2) is 6.10 Å². The van der Waals surface area contributed by atoms with E-state index >= 15 is 0 Å². The number of allylic oxidation sites excluding steroid dienone is 10. The third-order valence-electron chi connectivity index (χ3n) is 12.2. The van der Waals surface area contributed by atoms with Gasteiger partial charge in [0.05, 0.1) is 0 Å². The first-order chi connectivity index (χ1) is 32.5. The van der Waals surface area contributed by atoms with E-state index in [0.717, 1.165) is 83.5 Å². The highest BCUT2D eigenvalue weighted by molar-refractivity contribution is 5.71. The molecule has 6 heteroatoms. The molecule has 66 heavy (non-hydrogen) atoms. The third kappa shape index (κ3) is 52.1. The van der Waals surface area contributed by atoms with E-state index in [0.29, 0.717) is 19.3 Å². The van der Waals surface area contributed by atoms with E-state index in [9.17, 15) is 14.4 Å². The number of carbonyl (C=O) groups is 3. The van der Waals surface area contributed by atoms with Gasteiger partial charge < -0.3 is 14.2 Å². The van der Waals surface area contributed by atoms with Gasteiger partial charge in [0.25, 0.3) is 0 Å². The number of rotatable bonds is 51. The van der Waals surface area contributed by atoms with Crippen molar-refractivity contribution >= 4 is 17.9 Å². The lowest BCUT2D eigenvalue weighted by Gasteiger charge is -2.18. The van der Waals surface area contributed by atoms with Crippen LogP contribution >= 0.6 is 0 Å². The average Bonchev–Trinajstić information content (AvgIpc) is 3.31. The molecule has 0 radical (unpaired) electrons. The van der Waals surface area contributed by atoms with Gasteiger partial charge in [-0.25, -0.2) is 0 Å². The second-order valence-electron chi connectivity index (χ2n) is 18.8. The van der Waals surface area contributed by atoms with Crippen LogP contribution < -0.4 is 0 Å². The Morgan fingerprint density at radius 3 is 0.879 bits per heavy atom. The first-order valence-electron chi connectivity index (χ1n) is 28.3. The fourth-order valence-electron chi connectivity index (χ4n) is 7.95. The quantitative estimate of drug-likeness (QED) is 0.0262. The fourth-order valence-corrected chi connectivity index (χ4v) is 7.95. The molecule has 0 heterocycles. The van der Waals surface area contributed by atoms with Gasteiger partial charge in [-0.3, -0.25) is 14.4 Å². The SMILES string of the molecule is CCCCC/C=C\C/C=C\CCCCCCCCCCCC(=O)OC(COC(=O)CCCCCCCC/C=C\C/C=C\C/C=C\CCCCCCC)COC(=O)CCCCCCCCCC. The van der Waals surface area contributed by atoms with Gasteiger partial charge >= 0.3 is 17.9 Å². The number of ether oxygens (including phenoxy) is 3. The van der Waals surface area contributed by atoms with Crippen LogP contribution in [0.5, 0.6) is 0 Å². The van der Waals surface area contributed by atoms with Crippen molar-refractivity contribution in [3.63, 3.8) is 0 Å². The summed E-state index contributed by atoms with van der Waals surface area (Å²) in [5.74, 6) is -0.892. The molecular formula is C60H106O6. The van der Waals surface area contributed by atoms with Crippen LogP contribution in [0.2, 0.25) is 0 Å². The molecule has 0 spiro atoms. The van der Waals surface area contributed by atoms with Gasteiger partial charge in [-0.2, -0.15) is 0 Å². The van der Waals surface area contributed by atoms with Crippen molar-refractivity contribution in [3.05, 3.63) is 60.8 Å². The van der Waals surface area contributed by atoms with Gasteiger partial charge in [-0.1, -0.05) is 236 Å². The van der Waals surface area contributed by atoms with Crippen molar-refractivity contribution in [1.29, 1.82) is 0 Å². The van der Waals surface area contributed by atoms with Crippen LogP contribution in [0.1, 0.15) is 284 Å². The van der Waals surface area contributed by atoms with Crippen LogP contribution in [-0.2, 0) is 28.6 Å². The van der Waals surface area contributed by atoms with Crippen molar-refractivity contribution in [3.8, 4) is 0 Å². The molecule has 0 saturated carbocycles. The molecular weight excluding hydrogens is 817 g/mol. The van der Waals surface area contributed by atoms with E-state index in [1.165, 1.54) is 161 Å². The molecule has 0 aromatic carbocycles. The summed E-state index contributed by atoms with van der Waals surface area (Å²) in [5, 5.41) is 0. The zero-order valence-electron chi connectivity index (χ0n) is 43.7. The summed E-state index contributed by atoms with van der Waals surface area (Å²) in [7, 11) is 0. The standard InChI is InChI=1S/C60H106O6/c1-4-7-10-13-16-19-21-23-25-27-29-30-32-33-35-37-39-41-44-47-50-53-59(62)65-56-57(55-64-58(61)52-49-46-43-18-15-12-9-6-3)66-60(63)54-51-48-45-42-40-38-36-34-31-28-26-24-22-20-17-14-11-8-5-2/h17,20-21,23-24,26-27,29,32-33,57H,4-16,18-19,22,25,28,30-31,34-56H2,1-3H3/b20-17-,23-21-,26-24-,29-27-,33-32-. The minimum Gasteiger partial charge on any atom is -0.462 e. The monoisotopic (exact) mass is 923 g/mol. The molecule has 0 N–H and O–H groups in total. The van der Waals surface area contributed by atoms with E-state index in [1.807, 2.05) is 0 Å². The number of hydrogen-bond acceptors (Lipinski definition) is 6. The van der Waals surface area contributed by atoms with Crippen molar-refractivity contribution in [2.45, 2.75) is 290 Å². The van der Waals surface area contributed by atoms with E-state index in [1.54, 1.807) is 0 Å². The van der Waals surface area contributed by atoms with Crippen molar-refractivity contribution < 1.29 is 28.6 Å². The molecule has 0 amide bonds. The highest BCUT2D eigenvalue weighted by atomic mass is 16.6. The molecule has 0 aromatic heterocycles. The summed E-state index contributed by atoms with van der Waals surface area (Å²) in [5.41, 5.74) is 0. The summed E-state index contributed by atoms with van der Waals surface area (Å²) in [6, 6.07) is 0. The Kier molecular flexibility index (Phi) is 52.3. The minimum absolute atomic E-state index is 0.0788. The van der Waals surface area contributed by atoms with Crippen LogP contribution in [0.4, 0.5) is 0 Å². The van der Waals surface area contributed by atoms with Crippen LogP contribution in [0.15, 0.2) is 60.8 Å². The molecule has 0 aliphatic carbocycles. The smallest absolute Gasteiger partial charge is 0.306 e. The van der Waals surface area contributed by atoms with Crippen LogP contribution in [0.3, 0.4) is 0 Å². The maximum Gasteiger partial charge on any atom is 0.306 e. The van der Waals surface area contributed by atoms with Gasteiger partial charge in [0.2, 0.25) is 0 Å². The van der Waals surface area contributed by atoms with Gasteiger partial charge in [0.1, 0.15) is 13.2 Å². The van der Waals surface area contributed by atoms with Crippen molar-refractivity contribution in [2.75, 3.05) is 13.2 Å². The molecule has 0 aliphatic rings. The van der Waals surface area contributed by atoms with E-state index in [4.69, 9.17) is 14.2 Å². The molecule has 0 aromatic rings. The van der Waals surface area contributed by atoms with Crippen molar-refractivity contribution in [1.82, 2.24) is 0 Å². The molecule has 0 bridgehead atoms. The lowest BCUT2D eigenvalue weighted by molar-refractivity contribution is -0.167. The minimum atomic E-state index is -0.779. The normalized spacial score (nSPS) is 12.5. The predicted octanol–water partition coefficient (Wildman–Crippen LogP) is 18.8. The van der Waals surface area contributed by atoms with Crippen LogP contribution in [0.25, 0.3) is 0 Å². The lowest BCUT2D eigenvalue weighted by atomic mass is 10.1. The fraction of sp³-hybridized carbons (Fsp3) is 0.783. The molecule has 0 rings (SSSR count). The van der Waals surface area contributed by atoms with Gasteiger partial charge in [-0.05, 0) is 89.9 Å². The summed E-state index contributed by atoms with van der Waals surface area (Å²) < 4.78 is 16.8. The Balaban J connectivity index is 4.27. The highest BCUT2D eigenvalue weighted by Gasteiger charge is 2.19. The summed E-state index contributed by atoms with van der Waals surface area (Å²) in [6.45, 7) is 6.58. The summed E-state index contributed by atoms with van der Waals surface area (Å²) in [6.07, 6.45) is 67.9. The summed E-state index contributed by atoms with van der Waals surface area (Å²) >= 11 is 0. The Labute approximate surface area is 409 Å². The van der Waals surface area contributed by atoms with E-state index in [2.05, 4.69) is 81.5 Å². The van der Waals surface area contributed by atoms with Crippen LogP contribution in [0, 0.1) is 0 Å². The lowest BCUT2D eigenvalue weighted by Crippen LogP contribution is -2.30. The maximum absolute atomic E-state index is 12.8. The highest BCUT2D eigenvalue weighted by Crippen LogP contribution is 2.15. The first kappa shape index (κ1) is 63.1.